The summed E-state index contributed by atoms with van der Waals surface area (Å²) < 4.78 is 22.9. The van der Waals surface area contributed by atoms with Gasteiger partial charge in [-0.25, -0.2) is 4.79 Å². The van der Waals surface area contributed by atoms with Crippen molar-refractivity contribution in [1.82, 2.24) is 10.2 Å². The van der Waals surface area contributed by atoms with Crippen molar-refractivity contribution in [2.75, 3.05) is 13.7 Å². The van der Waals surface area contributed by atoms with Crippen LogP contribution in [0.25, 0.3) is 22.4 Å². The number of hydrogen-bond donors (Lipinski definition) is 2. The molecule has 5 aromatic rings. The van der Waals surface area contributed by atoms with Crippen molar-refractivity contribution in [2.45, 2.75) is 26.4 Å². The Morgan fingerprint density at radius 1 is 0.979 bits per heavy atom. The monoisotopic (exact) mass is 626 g/mol. The van der Waals surface area contributed by atoms with Gasteiger partial charge in [0.1, 0.15) is 29.7 Å². The van der Waals surface area contributed by atoms with E-state index >= 15 is 0 Å². The number of nitrogens with zero attached hydrogens (tertiary/aromatic N) is 2. The number of allylic oxidation sites excluding steroid dienone is 1. The Morgan fingerprint density at radius 2 is 1.68 bits per heavy atom. The number of aromatic nitrogens is 2. The molecule has 0 fully saturated rings. The SMILES string of the molecule is COc1ccc(C2C(C#N)=C(N)Oc3n[nH]c(-c4ccc(-c5ccccc5)cc4)c32)cc1COc1ccc(C(=O)OCC(C)C)cc1. The molecule has 0 spiro atoms. The van der Waals surface area contributed by atoms with Crippen molar-refractivity contribution < 1.29 is 23.7 Å². The van der Waals surface area contributed by atoms with Gasteiger partial charge in [0.15, 0.2) is 0 Å². The van der Waals surface area contributed by atoms with Crippen molar-refractivity contribution in [3.05, 3.63) is 131 Å². The number of hydrogen-bond acceptors (Lipinski definition) is 8. The third kappa shape index (κ3) is 6.53. The first-order chi connectivity index (χ1) is 22.9. The quantitative estimate of drug-likeness (QED) is 0.154. The van der Waals surface area contributed by atoms with E-state index in [0.29, 0.717) is 35.1 Å². The molecule has 2 heterocycles. The second-order valence-electron chi connectivity index (χ2n) is 11.6. The summed E-state index contributed by atoms with van der Waals surface area (Å²) >= 11 is 0. The summed E-state index contributed by atoms with van der Waals surface area (Å²) in [5.41, 5.74) is 13.1. The first-order valence-corrected chi connectivity index (χ1v) is 15.2. The van der Waals surface area contributed by atoms with Crippen LogP contribution < -0.4 is 19.9 Å². The molecule has 1 unspecified atom stereocenters. The highest BCUT2D eigenvalue weighted by Crippen LogP contribution is 2.46. The molecular formula is C38H34N4O5. The van der Waals surface area contributed by atoms with Gasteiger partial charge in [-0.2, -0.15) is 5.26 Å². The molecule has 0 saturated carbocycles. The van der Waals surface area contributed by atoms with E-state index in [9.17, 15) is 10.1 Å². The molecule has 0 radical (unpaired) electrons. The Balaban J connectivity index is 1.29. The molecule has 4 aromatic carbocycles. The molecule has 9 nitrogen and oxygen atoms in total. The number of carbonyl (C=O) groups excluding carboxylic acids is 1. The summed E-state index contributed by atoms with van der Waals surface area (Å²) in [6, 6.07) is 33.0. The molecule has 1 aliphatic heterocycles. The molecule has 0 saturated heterocycles. The lowest BCUT2D eigenvalue weighted by Crippen LogP contribution is -2.21. The molecule has 1 aromatic heterocycles. The Hall–Kier alpha value is -6.01. The summed E-state index contributed by atoms with van der Waals surface area (Å²) in [4.78, 5) is 12.3. The average molecular weight is 627 g/mol. The van der Waals surface area contributed by atoms with Crippen molar-refractivity contribution in [3.63, 3.8) is 0 Å². The number of aromatic amines is 1. The van der Waals surface area contributed by atoms with Gasteiger partial charge in [0.25, 0.3) is 0 Å². The number of nitrogens with one attached hydrogen (secondary N) is 1. The van der Waals surface area contributed by atoms with Crippen molar-refractivity contribution in [3.8, 4) is 45.8 Å². The Bertz CT molecular complexity index is 1960. The molecule has 1 atom stereocenters. The molecule has 47 heavy (non-hydrogen) atoms. The maximum absolute atomic E-state index is 12.3. The van der Waals surface area contributed by atoms with Crippen LogP contribution in [-0.4, -0.2) is 29.9 Å². The standard InChI is InChI=1S/C38H34N4O5/c1-23(2)21-46-38(43)27-13-16-30(17-14-27)45-22-29-19-28(15-18-32(29)44-3)33-31(20-39)36(40)47-37-34(33)35(41-42-37)26-11-9-25(10-12-26)24-7-5-4-6-8-24/h4-19,23,33H,21-22,40H2,1-3H3,(H,41,42). The van der Waals surface area contributed by atoms with E-state index in [0.717, 1.165) is 33.5 Å². The molecule has 3 N–H and O–H groups in total. The van der Waals surface area contributed by atoms with E-state index in [-0.39, 0.29) is 30.0 Å². The van der Waals surface area contributed by atoms with E-state index < -0.39 is 5.92 Å². The molecule has 0 amide bonds. The van der Waals surface area contributed by atoms with Crippen molar-refractivity contribution in [2.24, 2.45) is 11.7 Å². The lowest BCUT2D eigenvalue weighted by atomic mass is 9.82. The molecule has 0 bridgehead atoms. The highest BCUT2D eigenvalue weighted by atomic mass is 16.5. The number of benzene rings is 4. The first kappa shape index (κ1) is 31.0. The topological polar surface area (TPSA) is 132 Å². The number of fused-ring (bicyclic) bond motifs is 1. The second-order valence-corrected chi connectivity index (χ2v) is 11.6. The minimum Gasteiger partial charge on any atom is -0.496 e. The van der Waals surface area contributed by atoms with Gasteiger partial charge in [0.05, 0.1) is 36.5 Å². The van der Waals surface area contributed by atoms with Crippen LogP contribution in [0.4, 0.5) is 0 Å². The number of esters is 1. The average Bonchev–Trinajstić information content (AvgIpc) is 3.52. The van der Waals surface area contributed by atoms with Crippen LogP contribution in [0.15, 0.2) is 109 Å². The van der Waals surface area contributed by atoms with E-state index in [4.69, 9.17) is 24.7 Å². The lowest BCUT2D eigenvalue weighted by molar-refractivity contribution is 0.0459. The molecule has 6 rings (SSSR count). The maximum Gasteiger partial charge on any atom is 0.338 e. The third-order valence-electron chi connectivity index (χ3n) is 7.89. The van der Waals surface area contributed by atoms with Gasteiger partial charge in [-0.15, -0.1) is 5.10 Å². The van der Waals surface area contributed by atoms with E-state index in [1.807, 2.05) is 62.4 Å². The first-order valence-electron chi connectivity index (χ1n) is 15.2. The smallest absolute Gasteiger partial charge is 0.338 e. The largest absolute Gasteiger partial charge is 0.496 e. The van der Waals surface area contributed by atoms with Crippen LogP contribution in [0, 0.1) is 17.2 Å². The Morgan fingerprint density at radius 3 is 2.36 bits per heavy atom. The number of rotatable bonds is 10. The van der Waals surface area contributed by atoms with E-state index in [2.05, 4.69) is 40.5 Å². The maximum atomic E-state index is 12.3. The minimum atomic E-state index is -0.563. The molecule has 9 heteroatoms. The van der Waals surface area contributed by atoms with Crippen molar-refractivity contribution in [1.29, 1.82) is 5.26 Å². The zero-order valence-electron chi connectivity index (χ0n) is 26.3. The number of ether oxygens (including phenoxy) is 4. The number of carbonyl (C=O) groups is 1. The fourth-order valence-corrected chi connectivity index (χ4v) is 5.52. The van der Waals surface area contributed by atoms with Gasteiger partial charge < -0.3 is 24.7 Å². The van der Waals surface area contributed by atoms with Crippen molar-refractivity contribution >= 4 is 5.97 Å². The van der Waals surface area contributed by atoms with E-state index in [1.165, 1.54) is 0 Å². The van der Waals surface area contributed by atoms with Gasteiger partial charge in [0.2, 0.25) is 11.8 Å². The van der Waals surface area contributed by atoms with Gasteiger partial charge >= 0.3 is 5.97 Å². The zero-order valence-corrected chi connectivity index (χ0v) is 26.3. The van der Waals surface area contributed by atoms with E-state index in [1.54, 1.807) is 31.4 Å². The highest BCUT2D eigenvalue weighted by Gasteiger charge is 2.36. The fourth-order valence-electron chi connectivity index (χ4n) is 5.52. The normalized spacial score (nSPS) is 13.8. The van der Waals surface area contributed by atoms with Gasteiger partial charge in [-0.3, -0.25) is 5.10 Å². The lowest BCUT2D eigenvalue weighted by Gasteiger charge is -2.25. The number of nitriles is 1. The molecule has 0 aliphatic carbocycles. The molecular weight excluding hydrogens is 592 g/mol. The number of nitrogens with two attached hydrogens (primary N) is 1. The predicted molar refractivity (Wildman–Crippen MR) is 178 cm³/mol. The van der Waals surface area contributed by atoms with Gasteiger partial charge in [-0.05, 0) is 59.0 Å². The van der Waals surface area contributed by atoms with Crippen LogP contribution in [0.3, 0.4) is 0 Å². The third-order valence-corrected chi connectivity index (χ3v) is 7.89. The predicted octanol–water partition coefficient (Wildman–Crippen LogP) is 7.36. The summed E-state index contributed by atoms with van der Waals surface area (Å²) in [6.07, 6.45) is 0. The van der Waals surface area contributed by atoms with Crippen LogP contribution in [-0.2, 0) is 11.3 Å². The van der Waals surface area contributed by atoms with Crippen LogP contribution in [0.2, 0.25) is 0 Å². The second kappa shape index (κ2) is 13.5. The summed E-state index contributed by atoms with van der Waals surface area (Å²) in [7, 11) is 1.59. The molecule has 236 valence electrons. The van der Waals surface area contributed by atoms with Gasteiger partial charge in [-0.1, -0.05) is 74.5 Å². The molecule has 1 aliphatic rings. The van der Waals surface area contributed by atoms with Crippen LogP contribution >= 0.6 is 0 Å². The fraction of sp³-hybridized carbons (Fsp3) is 0.184. The minimum absolute atomic E-state index is 0.00287. The summed E-state index contributed by atoms with van der Waals surface area (Å²) in [5.74, 6) is 0.826. The number of methoxy groups -OCH3 is 1. The van der Waals surface area contributed by atoms with Gasteiger partial charge in [0, 0.05) is 11.1 Å². The van der Waals surface area contributed by atoms with Crippen LogP contribution in [0.5, 0.6) is 17.4 Å². The zero-order chi connectivity index (χ0) is 32.9. The summed E-state index contributed by atoms with van der Waals surface area (Å²) in [6.45, 7) is 4.50. The highest BCUT2D eigenvalue weighted by molar-refractivity contribution is 5.89. The Kier molecular flexibility index (Phi) is 8.93. The Labute approximate surface area is 273 Å². The summed E-state index contributed by atoms with van der Waals surface area (Å²) in [5, 5.41) is 17.8. The number of H-pyrrole nitrogens is 1. The van der Waals surface area contributed by atoms with Crippen LogP contribution in [0.1, 0.15) is 46.8 Å².